The minimum Gasteiger partial charge on any atom is -0.493 e. The van der Waals surface area contributed by atoms with Gasteiger partial charge >= 0.3 is 11.9 Å². The molecule has 0 radical (unpaired) electrons. The second kappa shape index (κ2) is 11.3. The summed E-state index contributed by atoms with van der Waals surface area (Å²) >= 11 is 0. The van der Waals surface area contributed by atoms with Gasteiger partial charge < -0.3 is 19.5 Å². The van der Waals surface area contributed by atoms with Gasteiger partial charge in [-0.1, -0.05) is 32.0 Å². The standard InChI is InChI=1S/C24H30N2O6/c1-14(2)24(29)32-22-19(30-6)10-11-25-21(22)23(28)26-13-20(27)31-17(5)12-18-15(3)8-7-9-16(18)4/h7-11,14,17H,12-13H2,1-6H3,(H,26,28). The van der Waals surface area contributed by atoms with Crippen LogP contribution in [-0.2, 0) is 20.7 Å². The number of aryl methyl sites for hydroxylation is 2. The lowest BCUT2D eigenvalue weighted by Gasteiger charge is -2.17. The molecule has 1 unspecified atom stereocenters. The van der Waals surface area contributed by atoms with Crippen molar-refractivity contribution in [3.8, 4) is 11.5 Å². The third-order valence-electron chi connectivity index (χ3n) is 4.84. The van der Waals surface area contributed by atoms with Crippen molar-refractivity contribution in [2.24, 2.45) is 5.92 Å². The van der Waals surface area contributed by atoms with Crippen LogP contribution in [-0.4, -0.2) is 42.6 Å². The Hall–Kier alpha value is -3.42. The summed E-state index contributed by atoms with van der Waals surface area (Å²) in [6, 6.07) is 7.49. The lowest BCUT2D eigenvalue weighted by Crippen LogP contribution is -2.33. The van der Waals surface area contributed by atoms with Gasteiger partial charge in [0.2, 0.25) is 5.75 Å². The van der Waals surface area contributed by atoms with Gasteiger partial charge in [0.05, 0.1) is 13.0 Å². The Morgan fingerprint density at radius 3 is 2.31 bits per heavy atom. The highest BCUT2D eigenvalue weighted by molar-refractivity contribution is 5.98. The fraction of sp³-hybridized carbons (Fsp3) is 0.417. The Kier molecular flexibility index (Phi) is 8.75. The highest BCUT2D eigenvalue weighted by Crippen LogP contribution is 2.30. The first-order valence-electron chi connectivity index (χ1n) is 10.4. The van der Waals surface area contributed by atoms with E-state index >= 15 is 0 Å². The van der Waals surface area contributed by atoms with Gasteiger partial charge in [-0.25, -0.2) is 4.98 Å². The van der Waals surface area contributed by atoms with Gasteiger partial charge in [-0.05, 0) is 37.5 Å². The van der Waals surface area contributed by atoms with Crippen LogP contribution in [0.5, 0.6) is 11.5 Å². The number of nitrogens with zero attached hydrogens (tertiary/aromatic N) is 1. The van der Waals surface area contributed by atoms with E-state index in [-0.39, 0.29) is 29.8 Å². The fourth-order valence-corrected chi connectivity index (χ4v) is 3.07. The minimum absolute atomic E-state index is 0.0945. The molecule has 0 fully saturated rings. The van der Waals surface area contributed by atoms with Crippen molar-refractivity contribution in [2.75, 3.05) is 13.7 Å². The average Bonchev–Trinajstić information content (AvgIpc) is 2.74. The maximum Gasteiger partial charge on any atom is 0.325 e. The third kappa shape index (κ3) is 6.54. The van der Waals surface area contributed by atoms with Crippen molar-refractivity contribution in [2.45, 2.75) is 47.1 Å². The molecule has 0 aliphatic carbocycles. The van der Waals surface area contributed by atoms with Gasteiger partial charge in [0, 0.05) is 18.7 Å². The highest BCUT2D eigenvalue weighted by Gasteiger charge is 2.23. The summed E-state index contributed by atoms with van der Waals surface area (Å²) in [5.74, 6) is -2.13. The Bertz CT molecular complexity index is 966. The quantitative estimate of drug-likeness (QED) is 0.595. The molecule has 0 spiro atoms. The van der Waals surface area contributed by atoms with E-state index in [1.54, 1.807) is 20.8 Å². The molecule has 1 aromatic heterocycles. The van der Waals surface area contributed by atoms with E-state index in [2.05, 4.69) is 10.3 Å². The summed E-state index contributed by atoms with van der Waals surface area (Å²) in [6.45, 7) is 8.82. The molecule has 8 nitrogen and oxygen atoms in total. The largest absolute Gasteiger partial charge is 0.493 e. The van der Waals surface area contributed by atoms with Gasteiger partial charge in [0.15, 0.2) is 11.4 Å². The van der Waals surface area contributed by atoms with Crippen molar-refractivity contribution >= 4 is 17.8 Å². The maximum absolute atomic E-state index is 12.6. The zero-order valence-corrected chi connectivity index (χ0v) is 19.4. The molecule has 0 aliphatic heterocycles. The van der Waals surface area contributed by atoms with Crippen LogP contribution in [0.1, 0.15) is 48.0 Å². The van der Waals surface area contributed by atoms with Crippen LogP contribution < -0.4 is 14.8 Å². The summed E-state index contributed by atoms with van der Waals surface area (Å²) in [5, 5.41) is 2.46. The van der Waals surface area contributed by atoms with Crippen molar-refractivity contribution in [3.63, 3.8) is 0 Å². The molecular weight excluding hydrogens is 412 g/mol. The van der Waals surface area contributed by atoms with E-state index < -0.39 is 23.8 Å². The maximum atomic E-state index is 12.6. The summed E-state index contributed by atoms with van der Waals surface area (Å²) in [4.78, 5) is 40.9. The topological polar surface area (TPSA) is 104 Å². The number of nitrogens with one attached hydrogen (secondary N) is 1. The smallest absolute Gasteiger partial charge is 0.325 e. The Labute approximate surface area is 188 Å². The number of carbonyl (C=O) groups is 3. The Morgan fingerprint density at radius 1 is 1.06 bits per heavy atom. The SMILES string of the molecule is COc1ccnc(C(=O)NCC(=O)OC(C)Cc2c(C)cccc2C)c1OC(=O)C(C)C. The third-order valence-corrected chi connectivity index (χ3v) is 4.84. The molecule has 2 aromatic rings. The van der Waals surface area contributed by atoms with Crippen LogP contribution in [0.4, 0.5) is 0 Å². The van der Waals surface area contributed by atoms with Crippen LogP contribution >= 0.6 is 0 Å². The number of benzene rings is 1. The van der Waals surface area contributed by atoms with Gasteiger partial charge in [0.25, 0.3) is 5.91 Å². The van der Waals surface area contributed by atoms with E-state index in [0.717, 1.165) is 16.7 Å². The molecule has 1 amide bonds. The van der Waals surface area contributed by atoms with E-state index in [1.165, 1.54) is 19.4 Å². The zero-order chi connectivity index (χ0) is 23.8. The van der Waals surface area contributed by atoms with Crippen molar-refractivity contribution < 1.29 is 28.6 Å². The number of methoxy groups -OCH3 is 1. The molecule has 1 heterocycles. The molecule has 0 aliphatic rings. The number of hydrogen-bond donors (Lipinski definition) is 1. The van der Waals surface area contributed by atoms with Crippen LogP contribution in [0.3, 0.4) is 0 Å². The van der Waals surface area contributed by atoms with Gasteiger partial charge in [-0.3, -0.25) is 14.4 Å². The normalized spacial score (nSPS) is 11.6. The predicted molar refractivity (Wildman–Crippen MR) is 119 cm³/mol. The van der Waals surface area contributed by atoms with Gasteiger partial charge in [-0.2, -0.15) is 0 Å². The molecule has 1 N–H and O–H groups in total. The molecular formula is C24H30N2O6. The number of rotatable bonds is 9. The van der Waals surface area contributed by atoms with Crippen LogP contribution in [0, 0.1) is 19.8 Å². The first kappa shape index (κ1) is 24.8. The first-order valence-corrected chi connectivity index (χ1v) is 10.4. The number of carbonyl (C=O) groups excluding carboxylic acids is 3. The Balaban J connectivity index is 2.01. The van der Waals surface area contributed by atoms with Gasteiger partial charge in [-0.15, -0.1) is 0 Å². The number of ether oxygens (including phenoxy) is 3. The van der Waals surface area contributed by atoms with E-state index in [1.807, 2.05) is 32.0 Å². The summed E-state index contributed by atoms with van der Waals surface area (Å²) in [6.07, 6.45) is 1.56. The average molecular weight is 443 g/mol. The second-order valence-electron chi connectivity index (χ2n) is 7.82. The Morgan fingerprint density at radius 2 is 1.72 bits per heavy atom. The van der Waals surface area contributed by atoms with E-state index in [0.29, 0.717) is 6.42 Å². The molecule has 2 rings (SSSR count). The number of aromatic nitrogens is 1. The minimum atomic E-state index is -0.685. The monoisotopic (exact) mass is 442 g/mol. The number of pyridine rings is 1. The van der Waals surface area contributed by atoms with Crippen molar-refractivity contribution in [1.29, 1.82) is 0 Å². The van der Waals surface area contributed by atoms with Crippen LogP contribution in [0.2, 0.25) is 0 Å². The highest BCUT2D eigenvalue weighted by atomic mass is 16.6. The molecule has 0 bridgehead atoms. The molecule has 0 saturated carbocycles. The van der Waals surface area contributed by atoms with Crippen LogP contribution in [0.25, 0.3) is 0 Å². The van der Waals surface area contributed by atoms with Gasteiger partial charge in [0.1, 0.15) is 12.6 Å². The number of esters is 2. The first-order chi connectivity index (χ1) is 15.1. The molecule has 1 aromatic carbocycles. The van der Waals surface area contributed by atoms with Crippen LogP contribution in [0.15, 0.2) is 30.5 Å². The lowest BCUT2D eigenvalue weighted by molar-refractivity contribution is -0.146. The second-order valence-corrected chi connectivity index (χ2v) is 7.82. The predicted octanol–water partition coefficient (Wildman–Crippen LogP) is 3.17. The fourth-order valence-electron chi connectivity index (χ4n) is 3.07. The number of hydrogen-bond acceptors (Lipinski definition) is 7. The van der Waals surface area contributed by atoms with E-state index in [9.17, 15) is 14.4 Å². The molecule has 32 heavy (non-hydrogen) atoms. The molecule has 8 heteroatoms. The summed E-state index contributed by atoms with van der Waals surface area (Å²) in [5.41, 5.74) is 3.24. The summed E-state index contributed by atoms with van der Waals surface area (Å²) < 4.78 is 15.9. The zero-order valence-electron chi connectivity index (χ0n) is 19.4. The lowest BCUT2D eigenvalue weighted by atomic mass is 9.98. The molecule has 0 saturated heterocycles. The van der Waals surface area contributed by atoms with E-state index in [4.69, 9.17) is 14.2 Å². The molecule has 172 valence electrons. The summed E-state index contributed by atoms with van der Waals surface area (Å²) in [7, 11) is 1.39. The van der Waals surface area contributed by atoms with Crippen molar-refractivity contribution in [1.82, 2.24) is 10.3 Å². The molecule has 1 atom stereocenters. The van der Waals surface area contributed by atoms with Crippen molar-refractivity contribution in [3.05, 3.63) is 52.8 Å². The number of amides is 1.